The first-order valence-corrected chi connectivity index (χ1v) is 9.19. The van der Waals surface area contributed by atoms with Crippen molar-refractivity contribution in [2.75, 3.05) is 45.8 Å². The van der Waals surface area contributed by atoms with Gasteiger partial charge in [-0.1, -0.05) is 6.42 Å². The van der Waals surface area contributed by atoms with Crippen LogP contribution in [-0.2, 0) is 9.59 Å². The minimum atomic E-state index is -0.0106. The maximum absolute atomic E-state index is 12.8. The zero-order valence-electron chi connectivity index (χ0n) is 14.0. The van der Waals surface area contributed by atoms with Crippen LogP contribution in [-0.4, -0.2) is 67.4 Å². The van der Waals surface area contributed by atoms with Gasteiger partial charge in [0.25, 0.3) is 0 Å². The van der Waals surface area contributed by atoms with Gasteiger partial charge < -0.3 is 20.9 Å². The lowest BCUT2D eigenvalue weighted by atomic mass is 9.91. The number of piperazine rings is 1. The number of carbonyl (C=O) groups excluding carboxylic acids is 2. The van der Waals surface area contributed by atoms with Crippen LogP contribution < -0.4 is 11.1 Å². The zero-order chi connectivity index (χ0) is 16.2. The number of nitrogens with zero attached hydrogens (tertiary/aromatic N) is 2. The number of hydrogen-bond acceptors (Lipinski definition) is 4. The van der Waals surface area contributed by atoms with Crippen LogP contribution >= 0.6 is 0 Å². The Balaban J connectivity index is 1.59. The van der Waals surface area contributed by atoms with Crippen molar-refractivity contribution in [3.05, 3.63) is 0 Å². The third-order valence-corrected chi connectivity index (χ3v) is 5.79. The fraction of sp³-hybridized carbons (Fsp3) is 0.882. The number of hydrogen-bond donors (Lipinski definition) is 2. The molecule has 3 atom stereocenters. The topological polar surface area (TPSA) is 78.7 Å². The summed E-state index contributed by atoms with van der Waals surface area (Å²) in [6, 6.07) is 0. The molecule has 3 N–H and O–H groups in total. The Morgan fingerprint density at radius 1 is 0.957 bits per heavy atom. The minimum absolute atomic E-state index is 0.0106. The highest BCUT2D eigenvalue weighted by Crippen LogP contribution is 2.33. The smallest absolute Gasteiger partial charge is 0.227 e. The van der Waals surface area contributed by atoms with Crippen LogP contribution in [0, 0.1) is 17.8 Å². The summed E-state index contributed by atoms with van der Waals surface area (Å²) in [7, 11) is 0. The first-order valence-electron chi connectivity index (χ1n) is 9.19. The van der Waals surface area contributed by atoms with E-state index in [1.54, 1.807) is 0 Å². The van der Waals surface area contributed by atoms with Crippen LogP contribution in [0.15, 0.2) is 0 Å². The van der Waals surface area contributed by atoms with Crippen LogP contribution in [0.1, 0.15) is 32.1 Å². The van der Waals surface area contributed by atoms with Crippen LogP contribution in [0.2, 0.25) is 0 Å². The molecule has 2 heterocycles. The zero-order valence-corrected chi connectivity index (χ0v) is 14.0. The summed E-state index contributed by atoms with van der Waals surface area (Å²) < 4.78 is 0. The normalized spacial score (nSPS) is 32.1. The number of piperidine rings is 1. The van der Waals surface area contributed by atoms with Crippen molar-refractivity contribution in [2.45, 2.75) is 32.1 Å². The van der Waals surface area contributed by atoms with Crippen LogP contribution in [0.25, 0.3) is 0 Å². The van der Waals surface area contributed by atoms with E-state index in [1.807, 2.05) is 9.80 Å². The van der Waals surface area contributed by atoms with Crippen molar-refractivity contribution in [1.29, 1.82) is 0 Å². The third kappa shape index (κ3) is 3.69. The molecule has 6 heteroatoms. The molecule has 2 amide bonds. The van der Waals surface area contributed by atoms with Gasteiger partial charge in [0.05, 0.1) is 5.92 Å². The van der Waals surface area contributed by atoms with Gasteiger partial charge in [0.15, 0.2) is 0 Å². The number of likely N-dealkylation sites (tertiary alicyclic amines) is 1. The van der Waals surface area contributed by atoms with Gasteiger partial charge in [0, 0.05) is 45.2 Å². The molecule has 0 aromatic heterocycles. The number of amides is 2. The van der Waals surface area contributed by atoms with E-state index in [2.05, 4.69) is 5.32 Å². The van der Waals surface area contributed by atoms with Gasteiger partial charge in [-0.05, 0) is 38.1 Å². The van der Waals surface area contributed by atoms with E-state index in [9.17, 15) is 9.59 Å². The van der Waals surface area contributed by atoms with Gasteiger partial charge in [-0.2, -0.15) is 0 Å². The molecule has 3 aliphatic rings. The molecule has 1 aliphatic carbocycles. The molecule has 0 aromatic rings. The van der Waals surface area contributed by atoms with Crippen molar-refractivity contribution < 1.29 is 9.59 Å². The quantitative estimate of drug-likeness (QED) is 0.768. The Morgan fingerprint density at radius 2 is 1.74 bits per heavy atom. The molecular weight excluding hydrogens is 292 g/mol. The number of nitrogens with one attached hydrogen (secondary N) is 1. The molecular formula is C17H30N4O2. The average molecular weight is 322 g/mol. The number of carbonyl (C=O) groups is 2. The summed E-state index contributed by atoms with van der Waals surface area (Å²) in [5, 5.41) is 3.28. The second-order valence-corrected chi connectivity index (χ2v) is 7.23. The standard InChI is InChI=1S/C17H30N4O2/c18-11-13-3-1-5-15(13)17(23)21-8-2-4-14(12-21)16(22)20-9-6-19-7-10-20/h13-15,19H,1-12,18H2/t13-,14?,15-/m1/s1. The summed E-state index contributed by atoms with van der Waals surface area (Å²) in [5.41, 5.74) is 5.83. The molecule has 23 heavy (non-hydrogen) atoms. The summed E-state index contributed by atoms with van der Waals surface area (Å²) >= 11 is 0. The summed E-state index contributed by atoms with van der Waals surface area (Å²) in [6.07, 6.45) is 5.00. The van der Waals surface area contributed by atoms with E-state index >= 15 is 0 Å². The number of nitrogens with two attached hydrogens (primary N) is 1. The molecule has 2 aliphatic heterocycles. The molecule has 3 rings (SSSR count). The van der Waals surface area contributed by atoms with Gasteiger partial charge >= 0.3 is 0 Å². The van der Waals surface area contributed by atoms with Gasteiger partial charge in [-0.15, -0.1) is 0 Å². The molecule has 0 aromatic carbocycles. The monoisotopic (exact) mass is 322 g/mol. The highest BCUT2D eigenvalue weighted by Gasteiger charge is 2.38. The lowest BCUT2D eigenvalue weighted by molar-refractivity contribution is -0.143. The van der Waals surface area contributed by atoms with E-state index in [-0.39, 0.29) is 23.7 Å². The second kappa shape index (κ2) is 7.62. The lowest BCUT2D eigenvalue weighted by Crippen LogP contribution is -2.52. The van der Waals surface area contributed by atoms with Crippen molar-refractivity contribution in [3.8, 4) is 0 Å². The maximum atomic E-state index is 12.8. The predicted octanol–water partition coefficient (Wildman–Crippen LogP) is 0.0318. The Bertz CT molecular complexity index is 436. The molecule has 1 unspecified atom stereocenters. The average Bonchev–Trinajstić information content (AvgIpc) is 3.10. The molecule has 130 valence electrons. The number of rotatable bonds is 3. The molecule has 2 saturated heterocycles. The SMILES string of the molecule is NC[C@H]1CCC[C@H]1C(=O)N1CCCC(C(=O)N2CCNCC2)C1. The molecule has 3 fully saturated rings. The van der Waals surface area contributed by atoms with E-state index < -0.39 is 0 Å². The van der Waals surface area contributed by atoms with Gasteiger partial charge in [-0.3, -0.25) is 9.59 Å². The summed E-state index contributed by atoms with van der Waals surface area (Å²) in [5.74, 6) is 0.907. The van der Waals surface area contributed by atoms with E-state index in [0.717, 1.165) is 64.8 Å². The molecule has 6 nitrogen and oxygen atoms in total. The predicted molar refractivity (Wildman–Crippen MR) is 88.6 cm³/mol. The van der Waals surface area contributed by atoms with Crippen molar-refractivity contribution in [3.63, 3.8) is 0 Å². The minimum Gasteiger partial charge on any atom is -0.342 e. The first-order chi connectivity index (χ1) is 11.2. The van der Waals surface area contributed by atoms with Gasteiger partial charge in [0.2, 0.25) is 11.8 Å². The van der Waals surface area contributed by atoms with Crippen LogP contribution in [0.4, 0.5) is 0 Å². The molecule has 0 bridgehead atoms. The van der Waals surface area contributed by atoms with Crippen molar-refractivity contribution >= 4 is 11.8 Å². The maximum Gasteiger partial charge on any atom is 0.227 e. The lowest BCUT2D eigenvalue weighted by Gasteiger charge is -2.37. The Labute approximate surface area is 138 Å². The molecule has 0 radical (unpaired) electrons. The largest absolute Gasteiger partial charge is 0.342 e. The Hall–Kier alpha value is -1.14. The molecule has 1 saturated carbocycles. The van der Waals surface area contributed by atoms with E-state index in [0.29, 0.717) is 19.0 Å². The first kappa shape index (κ1) is 16.7. The third-order valence-electron chi connectivity index (χ3n) is 5.79. The van der Waals surface area contributed by atoms with E-state index in [1.165, 1.54) is 0 Å². The summed E-state index contributed by atoms with van der Waals surface area (Å²) in [6.45, 7) is 5.35. The van der Waals surface area contributed by atoms with Gasteiger partial charge in [-0.25, -0.2) is 0 Å². The highest BCUT2D eigenvalue weighted by atomic mass is 16.2. The fourth-order valence-corrected chi connectivity index (χ4v) is 4.40. The molecule has 0 spiro atoms. The summed E-state index contributed by atoms with van der Waals surface area (Å²) in [4.78, 5) is 29.5. The highest BCUT2D eigenvalue weighted by molar-refractivity contribution is 5.83. The Kier molecular flexibility index (Phi) is 5.54. The van der Waals surface area contributed by atoms with Crippen LogP contribution in [0.3, 0.4) is 0 Å². The van der Waals surface area contributed by atoms with Crippen molar-refractivity contribution in [1.82, 2.24) is 15.1 Å². The van der Waals surface area contributed by atoms with Gasteiger partial charge in [0.1, 0.15) is 0 Å². The Morgan fingerprint density at radius 3 is 2.48 bits per heavy atom. The van der Waals surface area contributed by atoms with Crippen molar-refractivity contribution in [2.24, 2.45) is 23.5 Å². The fourth-order valence-electron chi connectivity index (χ4n) is 4.40. The van der Waals surface area contributed by atoms with Crippen LogP contribution in [0.5, 0.6) is 0 Å². The second-order valence-electron chi connectivity index (χ2n) is 7.23. The van der Waals surface area contributed by atoms with E-state index in [4.69, 9.17) is 5.73 Å².